The number of likely N-dealkylation sites (tertiary alicyclic amines) is 1. The number of nitrogens with two attached hydrogens (primary N) is 1. The highest BCUT2D eigenvalue weighted by atomic mass is 32.2. The monoisotopic (exact) mass is 494 g/mol. The summed E-state index contributed by atoms with van der Waals surface area (Å²) in [5.41, 5.74) is 9.28. The maximum atomic E-state index is 13.2. The number of hydrogen-bond donors (Lipinski definition) is 4. The fourth-order valence-corrected chi connectivity index (χ4v) is 5.25. The minimum atomic E-state index is -3.41. The highest BCUT2D eigenvalue weighted by molar-refractivity contribution is 7.90. The number of H-pyrrole nitrogens is 2. The predicted octanol–water partition coefficient (Wildman–Crippen LogP) is 2.20. The highest BCUT2D eigenvalue weighted by Gasteiger charge is 2.31. The van der Waals surface area contributed by atoms with E-state index in [1.54, 1.807) is 49.1 Å². The third-order valence-electron chi connectivity index (χ3n) is 6.35. The fraction of sp³-hybridized carbons (Fsp3) is 0.292. The maximum Gasteiger partial charge on any atom is 0.276 e. The number of para-hydroxylation sites is 2. The van der Waals surface area contributed by atoms with E-state index in [9.17, 15) is 18.0 Å². The molecule has 1 amide bonds. The van der Waals surface area contributed by atoms with Crippen LogP contribution in [0.4, 0.5) is 5.69 Å². The topological polar surface area (TPSA) is 154 Å². The number of amides is 1. The van der Waals surface area contributed by atoms with Gasteiger partial charge in [-0.05, 0) is 50.6 Å². The molecule has 1 fully saturated rings. The molecule has 1 aliphatic heterocycles. The van der Waals surface area contributed by atoms with E-state index in [-0.39, 0.29) is 23.2 Å². The Bertz CT molecular complexity index is 1620. The summed E-state index contributed by atoms with van der Waals surface area (Å²) < 4.78 is 27.0. The van der Waals surface area contributed by atoms with Crippen molar-refractivity contribution in [2.75, 3.05) is 18.8 Å². The van der Waals surface area contributed by atoms with Gasteiger partial charge in [0.15, 0.2) is 5.69 Å². The number of sulfonamides is 1. The van der Waals surface area contributed by atoms with Gasteiger partial charge in [0, 0.05) is 35.6 Å². The van der Waals surface area contributed by atoms with Gasteiger partial charge in [0.2, 0.25) is 10.0 Å². The summed E-state index contributed by atoms with van der Waals surface area (Å²) in [5, 5.41) is 0.0706. The van der Waals surface area contributed by atoms with Gasteiger partial charge in [-0.2, -0.15) is 0 Å². The van der Waals surface area contributed by atoms with Crippen LogP contribution in [0.3, 0.4) is 0 Å². The molecule has 5 N–H and O–H groups in total. The van der Waals surface area contributed by atoms with E-state index in [4.69, 9.17) is 5.73 Å². The highest BCUT2D eigenvalue weighted by Crippen LogP contribution is 2.32. The molecule has 0 unspecified atom stereocenters. The molecule has 11 heteroatoms. The molecule has 182 valence electrons. The van der Waals surface area contributed by atoms with Crippen LogP contribution in [0.5, 0.6) is 0 Å². The average Bonchev–Trinajstić information content (AvgIpc) is 3.42. The molecular formula is C24H26N6O4S. The lowest BCUT2D eigenvalue weighted by Crippen LogP contribution is -2.41. The second-order valence-electron chi connectivity index (χ2n) is 9.05. The van der Waals surface area contributed by atoms with Gasteiger partial charge in [0.05, 0.1) is 27.7 Å². The number of nitrogens with one attached hydrogen (secondary N) is 3. The van der Waals surface area contributed by atoms with E-state index >= 15 is 0 Å². The Balaban J connectivity index is 1.43. The zero-order valence-corrected chi connectivity index (χ0v) is 20.1. The molecular weight excluding hydrogens is 468 g/mol. The van der Waals surface area contributed by atoms with Gasteiger partial charge in [-0.1, -0.05) is 12.1 Å². The third kappa shape index (κ3) is 4.17. The summed E-state index contributed by atoms with van der Waals surface area (Å²) in [4.78, 5) is 37.9. The number of rotatable bonds is 5. The van der Waals surface area contributed by atoms with Crippen LogP contribution in [-0.2, 0) is 10.0 Å². The minimum absolute atomic E-state index is 0.171. The summed E-state index contributed by atoms with van der Waals surface area (Å²) in [5.74, 6) is -0.207. The van der Waals surface area contributed by atoms with Crippen LogP contribution in [-0.4, -0.2) is 58.6 Å². The van der Waals surface area contributed by atoms with E-state index in [2.05, 4.69) is 19.7 Å². The fourth-order valence-electron chi connectivity index (χ4n) is 4.32. The van der Waals surface area contributed by atoms with Crippen LogP contribution in [0.15, 0.2) is 47.3 Å². The van der Waals surface area contributed by atoms with Crippen molar-refractivity contribution in [3.05, 3.63) is 58.4 Å². The number of anilines is 1. The lowest BCUT2D eigenvalue weighted by atomic mass is 10.1. The molecule has 0 bridgehead atoms. The summed E-state index contributed by atoms with van der Waals surface area (Å²) in [6.45, 7) is 3.98. The van der Waals surface area contributed by atoms with Gasteiger partial charge in [0.1, 0.15) is 0 Å². The molecule has 0 aliphatic carbocycles. The molecule has 1 aliphatic rings. The molecule has 35 heavy (non-hydrogen) atoms. The van der Waals surface area contributed by atoms with Crippen molar-refractivity contribution in [1.82, 2.24) is 24.6 Å². The maximum absolute atomic E-state index is 13.2. The van der Waals surface area contributed by atoms with Crippen molar-refractivity contribution in [2.24, 2.45) is 0 Å². The smallest absolute Gasteiger partial charge is 0.276 e. The molecule has 5 rings (SSSR count). The predicted molar refractivity (Wildman–Crippen MR) is 136 cm³/mol. The zero-order valence-electron chi connectivity index (χ0n) is 19.3. The van der Waals surface area contributed by atoms with Gasteiger partial charge in [-0.15, -0.1) is 0 Å². The normalized spacial score (nSPS) is 16.5. The second-order valence-corrected chi connectivity index (χ2v) is 11.3. The quantitative estimate of drug-likeness (QED) is 0.333. The van der Waals surface area contributed by atoms with Gasteiger partial charge < -0.3 is 20.6 Å². The lowest BCUT2D eigenvalue weighted by molar-refractivity contribution is 0.0790. The summed E-state index contributed by atoms with van der Waals surface area (Å²) in [6, 6.07) is 12.0. The standard InChI is InChI=1S/C24H26N6O4S/c1-13(2)35(33,34)29-15-9-10-30(12-15)24(32)14-7-8-17-16(11-14)20(25)21(26-17)22-23(31)28-19-6-4-3-5-18(19)27-22/h3-8,11,13,15,26,29H,9-10,12,25H2,1-2H3,(H,28,31)/t15-/m1/s1. The Morgan fingerprint density at radius 1 is 1.17 bits per heavy atom. The van der Waals surface area contributed by atoms with Crippen molar-refractivity contribution in [3.63, 3.8) is 0 Å². The van der Waals surface area contributed by atoms with Crippen LogP contribution < -0.4 is 16.0 Å². The Morgan fingerprint density at radius 2 is 1.94 bits per heavy atom. The van der Waals surface area contributed by atoms with Gasteiger partial charge >= 0.3 is 0 Å². The zero-order chi connectivity index (χ0) is 24.9. The SMILES string of the molecule is CC(C)S(=O)(=O)N[C@@H]1CCN(C(=O)c2ccc3[nH]c(-c4nc5ccccc5[nH]c4=O)c(N)c3c2)C1. The van der Waals surface area contributed by atoms with Crippen molar-refractivity contribution < 1.29 is 13.2 Å². The number of aromatic nitrogens is 3. The van der Waals surface area contributed by atoms with Crippen molar-refractivity contribution in [2.45, 2.75) is 31.6 Å². The van der Waals surface area contributed by atoms with Crippen molar-refractivity contribution >= 4 is 43.6 Å². The van der Waals surface area contributed by atoms with Crippen LogP contribution >= 0.6 is 0 Å². The largest absolute Gasteiger partial charge is 0.396 e. The lowest BCUT2D eigenvalue weighted by Gasteiger charge is -2.18. The Kier molecular flexibility index (Phi) is 5.60. The Labute approximate surface area is 201 Å². The van der Waals surface area contributed by atoms with Gasteiger partial charge in [-0.25, -0.2) is 18.1 Å². The number of nitrogens with zero attached hydrogens (tertiary/aromatic N) is 2. The molecule has 0 spiro atoms. The summed E-state index contributed by atoms with van der Waals surface area (Å²) in [7, 11) is -3.41. The molecule has 2 aromatic heterocycles. The van der Waals surface area contributed by atoms with Crippen LogP contribution in [0.25, 0.3) is 33.3 Å². The molecule has 3 heterocycles. The Hall–Kier alpha value is -3.70. The second kappa shape index (κ2) is 8.51. The molecule has 2 aromatic carbocycles. The Morgan fingerprint density at radius 3 is 2.71 bits per heavy atom. The summed E-state index contributed by atoms with van der Waals surface area (Å²) in [6.07, 6.45) is 0.548. The number of carbonyl (C=O) groups excluding carboxylic acids is 1. The first kappa shape index (κ1) is 23.1. The van der Waals surface area contributed by atoms with E-state index in [0.29, 0.717) is 58.4 Å². The molecule has 0 saturated carbocycles. The number of carbonyl (C=O) groups is 1. The third-order valence-corrected chi connectivity index (χ3v) is 8.25. The van der Waals surface area contributed by atoms with Crippen molar-refractivity contribution in [1.29, 1.82) is 0 Å². The van der Waals surface area contributed by atoms with Crippen molar-refractivity contribution in [3.8, 4) is 11.4 Å². The van der Waals surface area contributed by atoms with E-state index in [0.717, 1.165) is 0 Å². The van der Waals surface area contributed by atoms with Gasteiger partial charge in [-0.3, -0.25) is 9.59 Å². The van der Waals surface area contributed by atoms with E-state index < -0.39 is 15.3 Å². The van der Waals surface area contributed by atoms with Gasteiger partial charge in [0.25, 0.3) is 11.5 Å². The first-order valence-corrected chi connectivity index (χ1v) is 12.9. The van der Waals surface area contributed by atoms with Crippen LogP contribution in [0.1, 0.15) is 30.6 Å². The van der Waals surface area contributed by atoms with E-state index in [1.807, 2.05) is 12.1 Å². The minimum Gasteiger partial charge on any atom is -0.396 e. The average molecular weight is 495 g/mol. The number of benzene rings is 2. The number of fused-ring (bicyclic) bond motifs is 2. The molecule has 1 atom stereocenters. The first-order chi connectivity index (χ1) is 16.6. The number of hydrogen-bond acceptors (Lipinski definition) is 6. The van der Waals surface area contributed by atoms with E-state index in [1.165, 1.54) is 0 Å². The van der Waals surface area contributed by atoms with Crippen LogP contribution in [0.2, 0.25) is 0 Å². The molecule has 0 radical (unpaired) electrons. The summed E-state index contributed by atoms with van der Waals surface area (Å²) >= 11 is 0. The molecule has 10 nitrogen and oxygen atoms in total. The van der Waals surface area contributed by atoms with Crippen LogP contribution in [0, 0.1) is 0 Å². The number of aromatic amines is 2. The molecule has 4 aromatic rings. The number of nitrogen functional groups attached to an aromatic ring is 1. The first-order valence-electron chi connectivity index (χ1n) is 11.3. The molecule has 1 saturated heterocycles.